The minimum absolute atomic E-state index is 0.286. The van der Waals surface area contributed by atoms with Crippen molar-refractivity contribution in [3.63, 3.8) is 0 Å². The SMILES string of the molecule is O=P(O)(Oc1ccccc1)Oc1ccccc1.O=[P+](O)O. The van der Waals surface area contributed by atoms with Gasteiger partial charge >= 0.3 is 16.1 Å². The second kappa shape index (κ2) is 8.52. The maximum absolute atomic E-state index is 11.7. The van der Waals surface area contributed by atoms with Gasteiger partial charge in [-0.3, -0.25) is 4.89 Å². The van der Waals surface area contributed by atoms with Crippen LogP contribution in [-0.4, -0.2) is 14.7 Å². The van der Waals surface area contributed by atoms with Crippen LogP contribution >= 0.6 is 16.1 Å². The molecule has 0 unspecified atom stereocenters. The van der Waals surface area contributed by atoms with Crippen molar-refractivity contribution in [2.45, 2.75) is 0 Å². The minimum atomic E-state index is -4.14. The fraction of sp³-hybridized carbons (Fsp3) is 0. The maximum atomic E-state index is 11.7. The van der Waals surface area contributed by atoms with Crippen LogP contribution in [0.2, 0.25) is 0 Å². The molecule has 0 aliphatic rings. The van der Waals surface area contributed by atoms with E-state index >= 15 is 0 Å². The first-order chi connectivity index (χ1) is 9.89. The summed E-state index contributed by atoms with van der Waals surface area (Å²) in [6.45, 7) is 0. The van der Waals surface area contributed by atoms with E-state index in [4.69, 9.17) is 23.4 Å². The Kier molecular flexibility index (Phi) is 7.02. The summed E-state index contributed by atoms with van der Waals surface area (Å²) in [5.74, 6) is 0.573. The Morgan fingerprint density at radius 3 is 1.38 bits per heavy atom. The summed E-state index contributed by atoms with van der Waals surface area (Å²) in [6, 6.07) is 16.7. The molecule has 0 saturated heterocycles. The van der Waals surface area contributed by atoms with Crippen LogP contribution in [0.4, 0.5) is 0 Å². The zero-order chi connectivity index (χ0) is 15.7. The van der Waals surface area contributed by atoms with Gasteiger partial charge < -0.3 is 9.05 Å². The Bertz CT molecular complexity index is 554. The van der Waals surface area contributed by atoms with E-state index in [1.807, 2.05) is 0 Å². The normalized spacial score (nSPS) is 10.0. The first-order valence-electron chi connectivity index (χ1n) is 5.56. The van der Waals surface area contributed by atoms with Crippen molar-refractivity contribution in [3.05, 3.63) is 60.7 Å². The van der Waals surface area contributed by atoms with Crippen molar-refractivity contribution in [2.24, 2.45) is 0 Å². The lowest BCUT2D eigenvalue weighted by atomic mass is 10.3. The predicted molar refractivity (Wildman–Crippen MR) is 76.0 cm³/mol. The molecule has 0 bridgehead atoms. The molecule has 2 aromatic rings. The molecular formula is C12H13O7P2+. The van der Waals surface area contributed by atoms with Crippen LogP contribution in [0.25, 0.3) is 0 Å². The molecule has 0 aliphatic carbocycles. The maximum Gasteiger partial charge on any atom is 0.692 e. The zero-order valence-corrected chi connectivity index (χ0v) is 12.4. The van der Waals surface area contributed by atoms with Crippen LogP contribution < -0.4 is 9.05 Å². The highest BCUT2D eigenvalue weighted by Gasteiger charge is 2.24. The van der Waals surface area contributed by atoms with E-state index in [0.29, 0.717) is 0 Å². The highest BCUT2D eigenvalue weighted by Crippen LogP contribution is 2.43. The van der Waals surface area contributed by atoms with E-state index in [9.17, 15) is 9.46 Å². The Labute approximate surface area is 122 Å². The van der Waals surface area contributed by atoms with Crippen molar-refractivity contribution < 1.29 is 32.9 Å². The smallest absolute Gasteiger partial charge is 0.395 e. The van der Waals surface area contributed by atoms with Gasteiger partial charge in [-0.25, -0.2) is 4.57 Å². The molecule has 0 spiro atoms. The van der Waals surface area contributed by atoms with E-state index in [-0.39, 0.29) is 11.5 Å². The zero-order valence-electron chi connectivity index (χ0n) is 10.6. The lowest BCUT2D eigenvalue weighted by Gasteiger charge is -2.13. The second-order valence-corrected chi connectivity index (χ2v) is 5.34. The molecule has 0 radical (unpaired) electrons. The van der Waals surface area contributed by atoms with E-state index in [0.717, 1.165) is 0 Å². The van der Waals surface area contributed by atoms with E-state index < -0.39 is 16.1 Å². The number of phosphoric ester groups is 1. The van der Waals surface area contributed by atoms with Crippen LogP contribution in [0, 0.1) is 0 Å². The molecular weight excluding hydrogens is 318 g/mol. The number of hydrogen-bond acceptors (Lipinski definition) is 4. The number of para-hydroxylation sites is 2. The quantitative estimate of drug-likeness (QED) is 0.738. The van der Waals surface area contributed by atoms with Gasteiger partial charge in [-0.1, -0.05) is 36.4 Å². The number of rotatable bonds is 4. The van der Waals surface area contributed by atoms with Crippen LogP contribution in [0.15, 0.2) is 60.7 Å². The van der Waals surface area contributed by atoms with Gasteiger partial charge in [-0.15, -0.1) is 9.79 Å². The third kappa shape index (κ3) is 8.19. The van der Waals surface area contributed by atoms with Gasteiger partial charge in [0.05, 0.1) is 0 Å². The molecule has 112 valence electrons. The third-order valence-electron chi connectivity index (χ3n) is 1.93. The summed E-state index contributed by atoms with van der Waals surface area (Å²) in [7, 11) is -7.01. The average Bonchev–Trinajstić information content (AvgIpc) is 2.39. The van der Waals surface area contributed by atoms with Crippen molar-refractivity contribution in [1.29, 1.82) is 0 Å². The van der Waals surface area contributed by atoms with Crippen molar-refractivity contribution >= 4 is 16.1 Å². The molecule has 0 heterocycles. The van der Waals surface area contributed by atoms with Crippen molar-refractivity contribution in [2.75, 3.05) is 0 Å². The number of benzene rings is 2. The van der Waals surface area contributed by atoms with Gasteiger partial charge in [0, 0.05) is 4.57 Å². The van der Waals surface area contributed by atoms with Crippen LogP contribution in [0.5, 0.6) is 11.5 Å². The molecule has 0 aliphatic heterocycles. The molecule has 3 N–H and O–H groups in total. The van der Waals surface area contributed by atoms with Gasteiger partial charge in [-0.05, 0) is 24.3 Å². The monoisotopic (exact) mass is 331 g/mol. The Hall–Kier alpha value is -1.75. The average molecular weight is 331 g/mol. The molecule has 2 rings (SSSR count). The Morgan fingerprint density at radius 1 is 0.810 bits per heavy atom. The lowest BCUT2D eigenvalue weighted by molar-refractivity contribution is 0.291. The summed E-state index contributed by atoms with van der Waals surface area (Å²) in [6.07, 6.45) is 0. The highest BCUT2D eigenvalue weighted by atomic mass is 31.2. The molecule has 0 atom stereocenters. The first-order valence-corrected chi connectivity index (χ1v) is 8.22. The van der Waals surface area contributed by atoms with E-state index in [1.165, 1.54) is 0 Å². The van der Waals surface area contributed by atoms with E-state index in [2.05, 4.69) is 0 Å². The Morgan fingerprint density at radius 2 is 1.10 bits per heavy atom. The third-order valence-corrected chi connectivity index (χ3v) is 2.81. The van der Waals surface area contributed by atoms with Crippen molar-refractivity contribution in [1.82, 2.24) is 0 Å². The summed E-state index contributed by atoms with van der Waals surface area (Å²) in [5, 5.41) is 0. The molecule has 0 fully saturated rings. The topological polar surface area (TPSA) is 113 Å². The molecule has 2 aromatic carbocycles. The molecule has 0 saturated carbocycles. The van der Waals surface area contributed by atoms with Gasteiger partial charge in [-0.2, -0.15) is 0 Å². The van der Waals surface area contributed by atoms with Crippen LogP contribution in [-0.2, 0) is 9.13 Å². The summed E-state index contributed by atoms with van der Waals surface area (Å²) >= 11 is 0. The summed E-state index contributed by atoms with van der Waals surface area (Å²) < 4.78 is 30.2. The van der Waals surface area contributed by atoms with E-state index in [1.54, 1.807) is 60.7 Å². The lowest BCUT2D eigenvalue weighted by Crippen LogP contribution is -1.99. The highest BCUT2D eigenvalue weighted by molar-refractivity contribution is 7.48. The fourth-order valence-corrected chi connectivity index (χ4v) is 2.06. The summed E-state index contributed by atoms with van der Waals surface area (Å²) in [4.78, 5) is 23.8. The van der Waals surface area contributed by atoms with Crippen LogP contribution in [0.1, 0.15) is 0 Å². The van der Waals surface area contributed by atoms with Crippen LogP contribution in [0.3, 0.4) is 0 Å². The van der Waals surface area contributed by atoms with Gasteiger partial charge in [0.25, 0.3) is 0 Å². The van der Waals surface area contributed by atoms with Gasteiger partial charge in [0.15, 0.2) is 0 Å². The van der Waals surface area contributed by atoms with Gasteiger partial charge in [0.1, 0.15) is 11.5 Å². The largest absolute Gasteiger partial charge is 0.692 e. The minimum Gasteiger partial charge on any atom is -0.395 e. The molecule has 0 amide bonds. The molecule has 0 aromatic heterocycles. The predicted octanol–water partition coefficient (Wildman–Crippen LogP) is 2.87. The number of phosphoric acid groups is 1. The fourth-order valence-electron chi connectivity index (χ4n) is 1.25. The molecule has 9 heteroatoms. The standard InChI is InChI=1S/C12H11O4P.HO3P/c13-17(14,15-11-7-3-1-4-8-11)16-12-9-5-2-6-10-12;1-4(2)3/h1-10H,(H,13,14);(H-,1,2,3)/p+1. The molecule has 7 nitrogen and oxygen atoms in total. The second-order valence-electron chi connectivity index (χ2n) is 3.53. The summed E-state index contributed by atoms with van der Waals surface area (Å²) in [5.41, 5.74) is 0. The Balaban J connectivity index is 0.000000491. The molecule has 21 heavy (non-hydrogen) atoms. The van der Waals surface area contributed by atoms with Crippen molar-refractivity contribution in [3.8, 4) is 11.5 Å². The first kappa shape index (κ1) is 17.3. The van der Waals surface area contributed by atoms with Gasteiger partial charge in [0.2, 0.25) is 0 Å². The number of hydrogen-bond donors (Lipinski definition) is 3.